The van der Waals surface area contributed by atoms with Gasteiger partial charge < -0.3 is 19.5 Å². The summed E-state index contributed by atoms with van der Waals surface area (Å²) in [5.41, 5.74) is 2.93. The van der Waals surface area contributed by atoms with Gasteiger partial charge in [-0.2, -0.15) is 0 Å². The first-order valence-electron chi connectivity index (χ1n) is 17.9. The van der Waals surface area contributed by atoms with Crippen LogP contribution in [0.4, 0.5) is 10.1 Å². The van der Waals surface area contributed by atoms with Crippen LogP contribution in [0.1, 0.15) is 61.0 Å². The lowest BCUT2D eigenvalue weighted by atomic mass is 9.70. The smallest absolute Gasteiger partial charge is 0.264 e. The number of nitrogens with one attached hydrogen (secondary N) is 1. The van der Waals surface area contributed by atoms with Gasteiger partial charge in [-0.05, 0) is 86.4 Å². The molecule has 2 aromatic carbocycles. The van der Waals surface area contributed by atoms with E-state index >= 15 is 4.39 Å². The number of hydrogen-bond acceptors (Lipinski definition) is 9. The van der Waals surface area contributed by atoms with Gasteiger partial charge in [-0.15, -0.1) is 0 Å². The van der Waals surface area contributed by atoms with Crippen LogP contribution in [0.2, 0.25) is 5.02 Å². The number of fused-ring (bicyclic) bond motifs is 4. The van der Waals surface area contributed by atoms with Gasteiger partial charge in [-0.25, -0.2) is 17.5 Å². The minimum atomic E-state index is -4.10. The zero-order valence-corrected chi connectivity index (χ0v) is 30.4. The van der Waals surface area contributed by atoms with Crippen molar-refractivity contribution in [1.82, 2.24) is 14.5 Å². The summed E-state index contributed by atoms with van der Waals surface area (Å²) in [6.07, 6.45) is 4.15. The number of benzene rings is 2. The number of halogens is 2. The number of amides is 1. The molecule has 272 valence electrons. The highest BCUT2D eigenvalue weighted by atomic mass is 35.5. The van der Waals surface area contributed by atoms with Crippen molar-refractivity contribution in [3.8, 4) is 5.75 Å². The molecule has 4 aliphatic heterocycles. The van der Waals surface area contributed by atoms with Gasteiger partial charge in [0.15, 0.2) is 0 Å². The first-order valence-corrected chi connectivity index (χ1v) is 19.8. The van der Waals surface area contributed by atoms with Crippen LogP contribution in [-0.2, 0) is 26.6 Å². The molecule has 0 aromatic heterocycles. The highest BCUT2D eigenvalue weighted by molar-refractivity contribution is 7.90. The van der Waals surface area contributed by atoms with E-state index in [9.17, 15) is 18.3 Å². The van der Waals surface area contributed by atoms with Crippen LogP contribution in [0.15, 0.2) is 48.3 Å². The molecule has 1 amide bonds. The van der Waals surface area contributed by atoms with E-state index in [1.807, 2.05) is 12.1 Å². The molecular weight excluding hydrogens is 683 g/mol. The maximum Gasteiger partial charge on any atom is 0.264 e. The van der Waals surface area contributed by atoms with Crippen molar-refractivity contribution in [1.29, 1.82) is 0 Å². The minimum Gasteiger partial charge on any atom is -0.490 e. The Labute approximate surface area is 299 Å². The average molecular weight is 731 g/mol. The number of hydrogen-bond donors (Lipinski definition) is 2. The fourth-order valence-corrected chi connectivity index (χ4v) is 9.92. The van der Waals surface area contributed by atoms with E-state index in [-0.39, 0.29) is 23.4 Å². The highest BCUT2D eigenvalue weighted by Crippen LogP contribution is 2.45. The van der Waals surface area contributed by atoms with Crippen molar-refractivity contribution in [2.45, 2.75) is 74.8 Å². The van der Waals surface area contributed by atoms with Gasteiger partial charge in [0, 0.05) is 61.3 Å². The van der Waals surface area contributed by atoms with Gasteiger partial charge in [0.05, 0.1) is 42.9 Å². The van der Waals surface area contributed by atoms with E-state index in [1.54, 1.807) is 25.1 Å². The number of aliphatic hydroxyl groups excluding tert-OH is 1. The number of sulfonamides is 1. The molecule has 0 saturated carbocycles. The summed E-state index contributed by atoms with van der Waals surface area (Å²) in [7, 11) is -4.10. The lowest BCUT2D eigenvalue weighted by Crippen LogP contribution is -2.63. The molecule has 5 aliphatic rings. The summed E-state index contributed by atoms with van der Waals surface area (Å²) in [5, 5.41) is 11.4. The number of aliphatic hydroxyl groups is 1. The molecule has 1 spiro atoms. The van der Waals surface area contributed by atoms with E-state index < -0.39 is 45.1 Å². The molecule has 2 fully saturated rings. The number of rotatable bonds is 3. The van der Waals surface area contributed by atoms with Gasteiger partial charge in [-0.1, -0.05) is 30.7 Å². The second kappa shape index (κ2) is 14.4. The molecule has 0 unspecified atom stereocenters. The number of carbonyl (C=O) groups excluding carboxylic acids is 1. The Hall–Kier alpha value is -2.74. The summed E-state index contributed by atoms with van der Waals surface area (Å²) in [6, 6.07) is 10.2. The van der Waals surface area contributed by atoms with Crippen LogP contribution in [0.3, 0.4) is 0 Å². The van der Waals surface area contributed by atoms with E-state index in [4.69, 9.17) is 21.1 Å². The predicted octanol–water partition coefficient (Wildman–Crippen LogP) is 4.29. The van der Waals surface area contributed by atoms with E-state index in [0.29, 0.717) is 75.5 Å². The largest absolute Gasteiger partial charge is 0.490 e. The molecule has 13 heteroatoms. The average Bonchev–Trinajstić information content (AvgIpc) is 3.23. The fourth-order valence-electron chi connectivity index (χ4n) is 8.44. The van der Waals surface area contributed by atoms with Crippen LogP contribution in [0, 0.1) is 5.92 Å². The Morgan fingerprint density at radius 1 is 1.14 bits per heavy atom. The maximum absolute atomic E-state index is 16.5. The molecule has 50 heavy (non-hydrogen) atoms. The lowest BCUT2D eigenvalue weighted by molar-refractivity contribution is -0.0416. The number of carbonyl (C=O) groups is 1. The molecule has 4 heterocycles. The lowest BCUT2D eigenvalue weighted by Gasteiger charge is -2.50. The summed E-state index contributed by atoms with van der Waals surface area (Å²) in [4.78, 5) is 19.9. The van der Waals surface area contributed by atoms with Gasteiger partial charge in [0.1, 0.15) is 11.6 Å². The number of morpholine rings is 1. The van der Waals surface area contributed by atoms with Crippen molar-refractivity contribution in [2.75, 3.05) is 64.0 Å². The quantitative estimate of drug-likeness (QED) is 0.478. The number of anilines is 1. The first-order chi connectivity index (χ1) is 23.9. The number of aryl methyl sites for hydroxylation is 1. The zero-order valence-electron chi connectivity index (χ0n) is 28.8. The van der Waals surface area contributed by atoms with Crippen molar-refractivity contribution >= 4 is 33.2 Å². The van der Waals surface area contributed by atoms with E-state index in [2.05, 4.69) is 25.5 Å². The Morgan fingerprint density at radius 3 is 2.70 bits per heavy atom. The maximum atomic E-state index is 16.5. The van der Waals surface area contributed by atoms with Crippen molar-refractivity contribution in [2.24, 2.45) is 5.92 Å². The summed E-state index contributed by atoms with van der Waals surface area (Å²) >= 11 is 6.44. The van der Waals surface area contributed by atoms with E-state index in [1.165, 1.54) is 24.1 Å². The highest BCUT2D eigenvalue weighted by Gasteiger charge is 2.46. The Morgan fingerprint density at radius 2 is 1.94 bits per heavy atom. The van der Waals surface area contributed by atoms with Crippen molar-refractivity contribution in [3.05, 3.63) is 70.0 Å². The Kier molecular flexibility index (Phi) is 10.2. The molecule has 2 N–H and O–H groups in total. The standard InChI is InChI=1S/C37H48ClFN4O6S/c1-24-5-9-31(39)35(33(44)21-41-14-16-48-17-15-41)43-13-11-29(43)20-42-22-37(12-3-4-26-18-28(38)7-8-30(26)37)23-49-34-10-6-27(19-32(34)42)36(45)40-50(46,47)25(24)2/h6-10,18-19,24-25,29,33,35,44H,3-5,11-17,20-23H2,1-2H3,(H,40,45)/b31-9-/t24-,25+,29-,33-,35+,37-/m0/s1. The van der Waals surface area contributed by atoms with Crippen LogP contribution >= 0.6 is 11.6 Å². The molecule has 0 radical (unpaired) electrons. The van der Waals surface area contributed by atoms with Gasteiger partial charge in [0.25, 0.3) is 5.91 Å². The van der Waals surface area contributed by atoms with Gasteiger partial charge >= 0.3 is 0 Å². The number of nitrogens with zero attached hydrogens (tertiary/aromatic N) is 3. The third kappa shape index (κ3) is 7.04. The number of allylic oxidation sites excluding steroid dienone is 1. The predicted molar refractivity (Wildman–Crippen MR) is 191 cm³/mol. The second-order valence-corrected chi connectivity index (χ2v) is 17.4. The van der Waals surface area contributed by atoms with Crippen LogP contribution in [-0.4, -0.2) is 112 Å². The van der Waals surface area contributed by atoms with Crippen LogP contribution in [0.25, 0.3) is 0 Å². The number of β-amino-alcohol motifs (C(OH)–C–C–N with tert-alkyl or cyclic N) is 1. The minimum absolute atomic E-state index is 0.0862. The van der Waals surface area contributed by atoms with Crippen molar-refractivity contribution < 1.29 is 32.2 Å². The second-order valence-electron chi connectivity index (χ2n) is 14.9. The van der Waals surface area contributed by atoms with Crippen molar-refractivity contribution in [3.63, 3.8) is 0 Å². The topological polar surface area (TPSA) is 112 Å². The SMILES string of the molecule is C[C@@H]1[C@@H](C)C/C=C(\F)[C@H]([C@@H](O)CN2CCOCC2)N2CC[C@H]2CN2C[C@@]3(CCCc4cc(Cl)ccc43)COc3ccc(cc32)C(=O)NS1(=O)=O. The third-order valence-corrected chi connectivity index (χ3v) is 13.8. The van der Waals surface area contributed by atoms with Gasteiger partial charge in [-0.3, -0.25) is 14.6 Å². The fraction of sp³-hybridized carbons (Fsp3) is 0.595. The molecule has 2 aromatic rings. The molecular formula is C37H48ClFN4O6S. The van der Waals surface area contributed by atoms with Crippen LogP contribution in [0.5, 0.6) is 5.75 Å². The monoisotopic (exact) mass is 730 g/mol. The first kappa shape index (κ1) is 35.7. The van der Waals surface area contributed by atoms with Crippen LogP contribution < -0.4 is 14.4 Å². The molecule has 7 rings (SSSR count). The molecule has 2 bridgehead atoms. The molecule has 1 aliphatic carbocycles. The third-order valence-electron chi connectivity index (χ3n) is 11.7. The van der Waals surface area contributed by atoms with E-state index in [0.717, 1.165) is 25.7 Å². The molecule has 6 atom stereocenters. The van der Waals surface area contributed by atoms with Gasteiger partial charge in [0.2, 0.25) is 10.0 Å². The summed E-state index contributed by atoms with van der Waals surface area (Å²) < 4.78 is 57.7. The Balaban J connectivity index is 1.29. The summed E-state index contributed by atoms with van der Waals surface area (Å²) in [6.45, 7) is 8.16. The summed E-state index contributed by atoms with van der Waals surface area (Å²) in [5.74, 6) is -1.07. The molecule has 2 saturated heterocycles. The number of ether oxygens (including phenoxy) is 2. The Bertz CT molecular complexity index is 1740. The molecule has 10 nitrogen and oxygen atoms in total. The normalized spacial score (nSPS) is 32.3. The zero-order chi connectivity index (χ0) is 35.2.